The van der Waals surface area contributed by atoms with Crippen LogP contribution in [0.4, 0.5) is 19.0 Å². The third-order valence-corrected chi connectivity index (χ3v) is 6.48. The van der Waals surface area contributed by atoms with Crippen LogP contribution in [0.2, 0.25) is 0 Å². The number of hydrogen-bond acceptors (Lipinski definition) is 4. The van der Waals surface area contributed by atoms with Crippen molar-refractivity contribution in [3.8, 4) is 0 Å². The van der Waals surface area contributed by atoms with Gasteiger partial charge in [0.25, 0.3) is 5.91 Å². The van der Waals surface area contributed by atoms with E-state index in [9.17, 15) is 28.0 Å². The largest absolute Gasteiger partial charge is 0.626 e. The third-order valence-electron chi connectivity index (χ3n) is 5.81. The van der Waals surface area contributed by atoms with E-state index in [1.54, 1.807) is 25.1 Å². The number of quaternary nitrogens is 1. The van der Waals surface area contributed by atoms with Crippen LogP contribution in [0.25, 0.3) is 0 Å². The molecule has 184 valence electrons. The van der Waals surface area contributed by atoms with Gasteiger partial charge in [-0.1, -0.05) is 24.3 Å². The van der Waals surface area contributed by atoms with Gasteiger partial charge in [-0.25, -0.2) is 9.48 Å². The monoisotopic (exact) mass is 600 g/mol. The molecule has 0 spiro atoms. The van der Waals surface area contributed by atoms with Crippen molar-refractivity contribution in [2.75, 3.05) is 6.54 Å². The van der Waals surface area contributed by atoms with Gasteiger partial charge in [0.1, 0.15) is 13.1 Å². The van der Waals surface area contributed by atoms with Gasteiger partial charge in [-0.2, -0.15) is 18.3 Å². The highest BCUT2D eigenvalue weighted by atomic mass is 127. The van der Waals surface area contributed by atoms with Crippen LogP contribution in [-0.4, -0.2) is 33.3 Å². The van der Waals surface area contributed by atoms with Crippen LogP contribution in [0.1, 0.15) is 50.5 Å². The minimum atomic E-state index is -4.94. The lowest BCUT2D eigenvalue weighted by molar-refractivity contribution is -0.141. The fraction of sp³-hybridized carbons (Fsp3) is 0.261. The van der Waals surface area contributed by atoms with Gasteiger partial charge in [-0.05, 0) is 59.3 Å². The van der Waals surface area contributed by atoms with Gasteiger partial charge >= 0.3 is 12.1 Å². The fourth-order valence-electron chi connectivity index (χ4n) is 4.14. The fourth-order valence-corrected chi connectivity index (χ4v) is 4.75. The van der Waals surface area contributed by atoms with Crippen molar-refractivity contribution in [3.05, 3.63) is 85.3 Å². The maximum atomic E-state index is 13.9. The minimum Gasteiger partial charge on any atom is -0.626 e. The number of amides is 1. The topological polar surface area (TPSA) is 107 Å². The molecule has 2 atom stereocenters. The maximum absolute atomic E-state index is 13.9. The number of hydroxylamine groups is 2. The molecule has 35 heavy (non-hydrogen) atoms. The number of nitrogens with one attached hydrogen (secondary N) is 1. The molecule has 1 amide bonds. The molecular formula is C23H20F3IN4O4. The average Bonchev–Trinajstić information content (AvgIpc) is 3.32. The summed E-state index contributed by atoms with van der Waals surface area (Å²) in [5.41, 5.74) is -1.04. The smallest absolute Gasteiger partial charge is 0.436 e. The van der Waals surface area contributed by atoms with Gasteiger partial charge in [0.05, 0.1) is 18.2 Å². The van der Waals surface area contributed by atoms with E-state index in [-0.39, 0.29) is 31.0 Å². The number of halogens is 4. The van der Waals surface area contributed by atoms with Crippen molar-refractivity contribution in [3.63, 3.8) is 0 Å². The SMILES string of the molecule is CC(NC(=O)c1c(C(F)(F)F)nn2c1[N+]([O-])(Cc1cccc(I)c1)CC2)c1ccc(C(=O)O)cc1. The summed E-state index contributed by atoms with van der Waals surface area (Å²) in [4.78, 5) is 24.2. The first-order chi connectivity index (χ1) is 16.4. The molecule has 0 saturated heterocycles. The normalized spacial score (nSPS) is 18.2. The van der Waals surface area contributed by atoms with Gasteiger partial charge in [0, 0.05) is 9.13 Å². The number of hydrogen-bond donors (Lipinski definition) is 2. The Morgan fingerprint density at radius 1 is 1.26 bits per heavy atom. The number of fused-ring (bicyclic) bond motifs is 1. The van der Waals surface area contributed by atoms with Gasteiger partial charge in [0.15, 0.2) is 11.3 Å². The van der Waals surface area contributed by atoms with E-state index in [4.69, 9.17) is 5.11 Å². The van der Waals surface area contributed by atoms with Crippen LogP contribution in [0.15, 0.2) is 48.5 Å². The van der Waals surface area contributed by atoms with Gasteiger partial charge in [0.2, 0.25) is 5.82 Å². The second kappa shape index (κ2) is 9.24. The summed E-state index contributed by atoms with van der Waals surface area (Å²) in [6.45, 7) is 1.30. The molecule has 8 nitrogen and oxygen atoms in total. The number of aromatic nitrogens is 2. The zero-order valence-electron chi connectivity index (χ0n) is 18.3. The average molecular weight is 600 g/mol. The van der Waals surface area contributed by atoms with E-state index >= 15 is 0 Å². The molecule has 3 aromatic rings. The molecule has 2 aromatic carbocycles. The lowest BCUT2D eigenvalue weighted by atomic mass is 10.1. The van der Waals surface area contributed by atoms with Crippen molar-refractivity contribution in [2.45, 2.75) is 32.2 Å². The van der Waals surface area contributed by atoms with Gasteiger partial charge in [-0.3, -0.25) is 4.79 Å². The zero-order chi connectivity index (χ0) is 25.5. The van der Waals surface area contributed by atoms with Crippen molar-refractivity contribution in [1.82, 2.24) is 19.7 Å². The van der Waals surface area contributed by atoms with Crippen molar-refractivity contribution < 1.29 is 27.9 Å². The van der Waals surface area contributed by atoms with Crippen LogP contribution in [0, 0.1) is 8.78 Å². The van der Waals surface area contributed by atoms with E-state index in [1.165, 1.54) is 24.3 Å². The Kier molecular flexibility index (Phi) is 6.64. The second-order valence-electron chi connectivity index (χ2n) is 8.29. The van der Waals surface area contributed by atoms with E-state index in [2.05, 4.69) is 33.0 Å². The Bertz CT molecular complexity index is 1290. The summed E-state index contributed by atoms with van der Waals surface area (Å²) in [6.07, 6.45) is -4.94. The first kappa shape index (κ1) is 25.1. The summed E-state index contributed by atoms with van der Waals surface area (Å²) in [5, 5.41) is 28.9. The molecule has 0 fully saturated rings. The molecule has 1 aromatic heterocycles. The number of alkyl halides is 3. The van der Waals surface area contributed by atoms with Crippen LogP contribution < -0.4 is 9.96 Å². The molecule has 0 radical (unpaired) electrons. The number of carboxylic acid groups (broad SMARTS) is 1. The number of rotatable bonds is 6. The molecule has 4 rings (SSSR count). The molecule has 1 aliphatic rings. The van der Waals surface area contributed by atoms with Gasteiger partial charge in [-0.15, -0.1) is 0 Å². The predicted octanol–water partition coefficient (Wildman–Crippen LogP) is 4.71. The maximum Gasteiger partial charge on any atom is 0.436 e. The van der Waals surface area contributed by atoms with Crippen molar-refractivity contribution in [1.29, 1.82) is 0 Å². The molecule has 0 saturated carbocycles. The first-order valence-corrected chi connectivity index (χ1v) is 11.6. The molecule has 0 bridgehead atoms. The van der Waals surface area contributed by atoms with Crippen molar-refractivity contribution >= 4 is 40.3 Å². The van der Waals surface area contributed by atoms with Crippen LogP contribution in [0.5, 0.6) is 0 Å². The second-order valence-corrected chi connectivity index (χ2v) is 9.54. The Hall–Kier alpha value is -2.97. The number of carbonyl (C=O) groups is 2. The summed E-state index contributed by atoms with van der Waals surface area (Å²) in [5.74, 6) is -2.53. The van der Waals surface area contributed by atoms with Crippen LogP contribution in [0.3, 0.4) is 0 Å². The number of aromatic carboxylic acids is 1. The quantitative estimate of drug-likeness (QED) is 0.242. The highest BCUT2D eigenvalue weighted by Crippen LogP contribution is 2.41. The standard InChI is InChI=1S/C23H20F3IN4O4/c1-13(15-5-7-16(8-6-15)22(33)34)28-20(32)18-19(23(24,25)26)29-30-9-10-31(35,21(18)30)12-14-3-2-4-17(27)11-14/h2-8,11,13H,9-10,12H2,1H3,(H,28,32)(H,33,34). The molecule has 2 unspecified atom stereocenters. The molecular weight excluding hydrogens is 580 g/mol. The van der Waals surface area contributed by atoms with Gasteiger partial charge < -0.3 is 20.3 Å². The van der Waals surface area contributed by atoms with E-state index < -0.39 is 40.0 Å². The Morgan fingerprint density at radius 2 is 1.94 bits per heavy atom. The molecule has 1 aliphatic heterocycles. The highest BCUT2D eigenvalue weighted by Gasteiger charge is 2.48. The Morgan fingerprint density at radius 3 is 2.54 bits per heavy atom. The molecule has 0 aliphatic carbocycles. The molecule has 12 heteroatoms. The summed E-state index contributed by atoms with van der Waals surface area (Å²) < 4.78 is 42.3. The van der Waals surface area contributed by atoms with E-state index in [1.807, 2.05) is 6.07 Å². The van der Waals surface area contributed by atoms with Crippen LogP contribution >= 0.6 is 22.6 Å². The third kappa shape index (κ3) is 5.04. The first-order valence-electron chi connectivity index (χ1n) is 10.5. The lowest BCUT2D eigenvalue weighted by Gasteiger charge is -2.37. The number of nitrogens with zero attached hydrogens (tertiary/aromatic N) is 3. The number of benzene rings is 2. The number of carboxylic acids is 1. The minimum absolute atomic E-state index is 0.0325. The summed E-state index contributed by atoms with van der Waals surface area (Å²) >= 11 is 2.08. The number of carbonyl (C=O) groups excluding carboxylic acids is 1. The molecule has 2 heterocycles. The van der Waals surface area contributed by atoms with E-state index in [0.717, 1.165) is 8.25 Å². The van der Waals surface area contributed by atoms with E-state index in [0.29, 0.717) is 11.1 Å². The Balaban J connectivity index is 1.70. The lowest BCUT2D eigenvalue weighted by Crippen LogP contribution is -2.42. The summed E-state index contributed by atoms with van der Waals surface area (Å²) in [6, 6.07) is 11.9. The molecule has 2 N–H and O–H groups in total. The Labute approximate surface area is 211 Å². The van der Waals surface area contributed by atoms with Crippen molar-refractivity contribution in [2.24, 2.45) is 0 Å². The highest BCUT2D eigenvalue weighted by molar-refractivity contribution is 14.1. The summed E-state index contributed by atoms with van der Waals surface area (Å²) in [7, 11) is 0. The van der Waals surface area contributed by atoms with Crippen LogP contribution in [-0.2, 0) is 19.3 Å². The zero-order valence-corrected chi connectivity index (χ0v) is 20.5. The predicted molar refractivity (Wildman–Crippen MR) is 129 cm³/mol.